The van der Waals surface area contributed by atoms with E-state index in [9.17, 15) is 9.59 Å². The summed E-state index contributed by atoms with van der Waals surface area (Å²) in [6, 6.07) is 11.1. The predicted octanol–water partition coefficient (Wildman–Crippen LogP) is 3.35. The number of thioether (sulfide) groups is 1. The van der Waals surface area contributed by atoms with Gasteiger partial charge in [-0.3, -0.25) is 9.59 Å². The minimum atomic E-state index is -0.336. The Bertz CT molecular complexity index is 762. The van der Waals surface area contributed by atoms with E-state index in [1.807, 2.05) is 36.0 Å². The first-order valence-electron chi connectivity index (χ1n) is 7.50. The number of carbonyl (C=O) groups is 1. The van der Waals surface area contributed by atoms with Crippen molar-refractivity contribution in [2.75, 3.05) is 18.8 Å². The van der Waals surface area contributed by atoms with Gasteiger partial charge in [0.05, 0.1) is 0 Å². The smallest absolute Gasteiger partial charge is 0.260 e. The number of benzene rings is 1. The lowest BCUT2D eigenvalue weighted by Crippen LogP contribution is -2.36. The zero-order valence-electron chi connectivity index (χ0n) is 12.5. The van der Waals surface area contributed by atoms with E-state index in [1.165, 1.54) is 6.20 Å². The zero-order chi connectivity index (χ0) is 16.2. The van der Waals surface area contributed by atoms with Gasteiger partial charge in [-0.05, 0) is 30.2 Å². The second-order valence-electron chi connectivity index (χ2n) is 5.37. The van der Waals surface area contributed by atoms with E-state index < -0.39 is 0 Å². The van der Waals surface area contributed by atoms with Crippen LogP contribution in [-0.2, 0) is 0 Å². The molecule has 3 rings (SSSR count). The maximum Gasteiger partial charge on any atom is 0.260 e. The Morgan fingerprint density at radius 2 is 2.04 bits per heavy atom. The van der Waals surface area contributed by atoms with Crippen LogP contribution in [-0.4, -0.2) is 34.6 Å². The number of nitrogens with one attached hydrogen (secondary N) is 1. The number of pyridine rings is 1. The average molecular weight is 349 g/mol. The number of aromatic amines is 1. The van der Waals surface area contributed by atoms with E-state index in [1.54, 1.807) is 17.0 Å². The lowest BCUT2D eigenvalue weighted by atomic mass is 10.1. The number of hydrogen-bond donors (Lipinski definition) is 1. The summed E-state index contributed by atoms with van der Waals surface area (Å²) < 4.78 is 0. The third-order valence-electron chi connectivity index (χ3n) is 3.93. The van der Waals surface area contributed by atoms with Crippen LogP contribution < -0.4 is 5.56 Å². The van der Waals surface area contributed by atoms with Crippen molar-refractivity contribution >= 4 is 29.3 Å². The third kappa shape index (κ3) is 3.62. The standard InChI is InChI=1S/C17H17ClN2O2S/c18-14-6-2-1-4-12(14)15-7-9-20(10-11-23-15)17(22)13-5-3-8-19-16(13)21/h1-6,8,15H,7,9-11H2,(H,19,21)/t15-/m1/s1. The summed E-state index contributed by atoms with van der Waals surface area (Å²) >= 11 is 8.09. The quantitative estimate of drug-likeness (QED) is 0.905. The molecule has 1 atom stereocenters. The van der Waals surface area contributed by atoms with E-state index in [2.05, 4.69) is 4.98 Å². The second-order valence-corrected chi connectivity index (χ2v) is 7.09. The molecule has 1 aliphatic heterocycles. The Hall–Kier alpha value is -1.72. The molecular formula is C17H17ClN2O2S. The van der Waals surface area contributed by atoms with Crippen molar-refractivity contribution in [2.45, 2.75) is 11.7 Å². The molecule has 0 unspecified atom stereocenters. The van der Waals surface area contributed by atoms with Gasteiger partial charge in [0.1, 0.15) is 5.56 Å². The molecule has 0 radical (unpaired) electrons. The Balaban J connectivity index is 1.74. The van der Waals surface area contributed by atoms with Crippen LogP contribution in [0.3, 0.4) is 0 Å². The second kappa shape index (κ2) is 7.23. The SMILES string of the molecule is O=C(c1ccc[nH]c1=O)N1CCS[C@@H](c2ccccc2Cl)CC1. The zero-order valence-corrected chi connectivity index (χ0v) is 14.1. The van der Waals surface area contributed by atoms with Gasteiger partial charge < -0.3 is 9.88 Å². The molecule has 1 N–H and O–H groups in total. The molecule has 1 fully saturated rings. The van der Waals surface area contributed by atoms with Crippen LogP contribution in [0.5, 0.6) is 0 Å². The molecule has 1 aliphatic rings. The van der Waals surface area contributed by atoms with Gasteiger partial charge >= 0.3 is 0 Å². The van der Waals surface area contributed by atoms with Crippen molar-refractivity contribution in [3.05, 3.63) is 69.1 Å². The van der Waals surface area contributed by atoms with E-state index in [-0.39, 0.29) is 22.3 Å². The van der Waals surface area contributed by atoms with Gasteiger partial charge in [-0.1, -0.05) is 29.8 Å². The number of nitrogens with zero attached hydrogens (tertiary/aromatic N) is 1. The summed E-state index contributed by atoms with van der Waals surface area (Å²) in [7, 11) is 0. The maximum absolute atomic E-state index is 12.6. The molecule has 2 aromatic rings. The van der Waals surface area contributed by atoms with Crippen molar-refractivity contribution in [1.82, 2.24) is 9.88 Å². The highest BCUT2D eigenvalue weighted by Gasteiger charge is 2.25. The summed E-state index contributed by atoms with van der Waals surface area (Å²) in [4.78, 5) is 28.7. The lowest BCUT2D eigenvalue weighted by Gasteiger charge is -2.20. The average Bonchev–Trinajstić information content (AvgIpc) is 2.81. The highest BCUT2D eigenvalue weighted by atomic mass is 35.5. The minimum Gasteiger partial charge on any atom is -0.338 e. The fraction of sp³-hybridized carbons (Fsp3) is 0.294. The molecule has 1 saturated heterocycles. The van der Waals surface area contributed by atoms with E-state index >= 15 is 0 Å². The molecule has 23 heavy (non-hydrogen) atoms. The summed E-state index contributed by atoms with van der Waals surface area (Å²) in [5.74, 6) is 0.624. The molecule has 120 valence electrons. The Morgan fingerprint density at radius 1 is 1.22 bits per heavy atom. The molecule has 0 saturated carbocycles. The van der Waals surface area contributed by atoms with Crippen LogP contribution in [0.15, 0.2) is 47.4 Å². The number of carbonyl (C=O) groups excluding carboxylic acids is 1. The molecule has 1 aromatic heterocycles. The van der Waals surface area contributed by atoms with Gasteiger partial charge in [-0.25, -0.2) is 0 Å². The van der Waals surface area contributed by atoms with Crippen molar-refractivity contribution in [3.63, 3.8) is 0 Å². The largest absolute Gasteiger partial charge is 0.338 e. The van der Waals surface area contributed by atoms with Gasteiger partial charge in [0.15, 0.2) is 0 Å². The minimum absolute atomic E-state index is 0.202. The van der Waals surface area contributed by atoms with Gasteiger partial charge in [0.2, 0.25) is 0 Å². The predicted molar refractivity (Wildman–Crippen MR) is 94.2 cm³/mol. The number of aromatic nitrogens is 1. The molecule has 0 spiro atoms. The first kappa shape index (κ1) is 16.1. The summed E-state index contributed by atoms with van der Waals surface area (Å²) in [6.07, 6.45) is 2.36. The molecule has 1 aromatic carbocycles. The molecule has 6 heteroatoms. The highest BCUT2D eigenvalue weighted by molar-refractivity contribution is 7.99. The van der Waals surface area contributed by atoms with Crippen molar-refractivity contribution in [3.8, 4) is 0 Å². The first-order chi connectivity index (χ1) is 11.2. The Morgan fingerprint density at radius 3 is 2.83 bits per heavy atom. The van der Waals surface area contributed by atoms with Gasteiger partial charge in [-0.15, -0.1) is 0 Å². The van der Waals surface area contributed by atoms with Crippen LogP contribution >= 0.6 is 23.4 Å². The van der Waals surface area contributed by atoms with Crippen LogP contribution in [0.2, 0.25) is 5.02 Å². The summed E-state index contributed by atoms with van der Waals surface area (Å²) in [5, 5.41) is 1.04. The Kier molecular flexibility index (Phi) is 5.08. The number of hydrogen-bond acceptors (Lipinski definition) is 3. The summed E-state index contributed by atoms with van der Waals surface area (Å²) in [5.41, 5.74) is 0.983. The monoisotopic (exact) mass is 348 g/mol. The van der Waals surface area contributed by atoms with Crippen LogP contribution in [0.25, 0.3) is 0 Å². The van der Waals surface area contributed by atoms with Gasteiger partial charge in [-0.2, -0.15) is 11.8 Å². The molecule has 0 bridgehead atoms. The summed E-state index contributed by atoms with van der Waals surface area (Å²) in [6.45, 7) is 1.26. The van der Waals surface area contributed by atoms with E-state index in [0.29, 0.717) is 13.1 Å². The van der Waals surface area contributed by atoms with Crippen molar-refractivity contribution < 1.29 is 4.79 Å². The maximum atomic E-state index is 12.6. The molecule has 2 heterocycles. The lowest BCUT2D eigenvalue weighted by molar-refractivity contribution is 0.0765. The highest BCUT2D eigenvalue weighted by Crippen LogP contribution is 2.37. The first-order valence-corrected chi connectivity index (χ1v) is 8.92. The fourth-order valence-corrected chi connectivity index (χ4v) is 4.32. The third-order valence-corrected chi connectivity index (χ3v) is 5.58. The van der Waals surface area contributed by atoms with Crippen molar-refractivity contribution in [2.24, 2.45) is 0 Å². The normalized spacial score (nSPS) is 18.5. The van der Waals surface area contributed by atoms with Gasteiger partial charge in [0.25, 0.3) is 11.5 Å². The topological polar surface area (TPSA) is 53.2 Å². The van der Waals surface area contributed by atoms with Crippen LogP contribution in [0.1, 0.15) is 27.6 Å². The molecule has 1 amide bonds. The Labute approximate surface area is 143 Å². The number of halogens is 1. The van der Waals surface area contributed by atoms with Gasteiger partial charge in [0, 0.05) is 35.3 Å². The van der Waals surface area contributed by atoms with Crippen LogP contribution in [0, 0.1) is 0 Å². The van der Waals surface area contributed by atoms with E-state index in [4.69, 9.17) is 11.6 Å². The van der Waals surface area contributed by atoms with E-state index in [0.717, 1.165) is 22.8 Å². The molecule has 4 nitrogen and oxygen atoms in total. The van der Waals surface area contributed by atoms with Crippen LogP contribution in [0.4, 0.5) is 0 Å². The number of rotatable bonds is 2. The van der Waals surface area contributed by atoms with Crippen molar-refractivity contribution in [1.29, 1.82) is 0 Å². The number of amides is 1. The number of H-pyrrole nitrogens is 1. The molecule has 0 aliphatic carbocycles. The molecular weight excluding hydrogens is 332 g/mol. The fourth-order valence-electron chi connectivity index (χ4n) is 2.72.